The van der Waals surface area contributed by atoms with Crippen LogP contribution in [0.4, 0.5) is 0 Å². The zero-order valence-corrected chi connectivity index (χ0v) is 10.7. The molecule has 84 valence electrons. The summed E-state index contributed by atoms with van der Waals surface area (Å²) in [5.41, 5.74) is 0.929. The molecule has 0 radical (unpaired) electrons. The first-order valence-corrected chi connectivity index (χ1v) is 5.96. The van der Waals surface area contributed by atoms with Gasteiger partial charge in [0.25, 0.3) is 0 Å². The molecule has 1 aromatic heterocycles. The van der Waals surface area contributed by atoms with Crippen LogP contribution in [0, 0.1) is 0 Å². The van der Waals surface area contributed by atoms with Gasteiger partial charge in [-0.25, -0.2) is 4.98 Å². The quantitative estimate of drug-likeness (QED) is 0.946. The third-order valence-electron chi connectivity index (χ3n) is 2.18. The van der Waals surface area contributed by atoms with E-state index in [1.54, 1.807) is 6.20 Å². The van der Waals surface area contributed by atoms with E-state index in [9.17, 15) is 0 Å². The molecule has 0 aliphatic carbocycles. The van der Waals surface area contributed by atoms with Crippen LogP contribution in [0.3, 0.4) is 0 Å². The summed E-state index contributed by atoms with van der Waals surface area (Å²) in [4.78, 5) is 4.26. The van der Waals surface area contributed by atoms with Gasteiger partial charge in [0, 0.05) is 34.0 Å². The largest absolute Gasteiger partial charge is 0.395 e. The number of rotatable bonds is 3. The normalized spacial score (nSPS) is 10.7. The third kappa shape index (κ3) is 2.45. The number of benzene rings is 1. The van der Waals surface area contributed by atoms with E-state index >= 15 is 0 Å². The molecule has 2 aromatic rings. The van der Waals surface area contributed by atoms with E-state index in [-0.39, 0.29) is 6.61 Å². The molecule has 5 heteroatoms. The molecule has 0 bridgehead atoms. The molecule has 16 heavy (non-hydrogen) atoms. The van der Waals surface area contributed by atoms with Crippen LogP contribution in [0.25, 0.3) is 11.4 Å². The molecule has 0 spiro atoms. The molecule has 1 heterocycles. The van der Waals surface area contributed by atoms with Gasteiger partial charge in [0.1, 0.15) is 5.82 Å². The Bertz CT molecular complexity index is 478. The summed E-state index contributed by atoms with van der Waals surface area (Å²) >= 11 is 9.37. The van der Waals surface area contributed by atoms with Gasteiger partial charge in [-0.3, -0.25) is 0 Å². The summed E-state index contributed by atoms with van der Waals surface area (Å²) in [5, 5.41) is 9.59. The number of halogens is 2. The minimum atomic E-state index is 0.0884. The number of aliphatic hydroxyl groups excluding tert-OH is 1. The molecule has 0 unspecified atom stereocenters. The smallest absolute Gasteiger partial charge is 0.140 e. The van der Waals surface area contributed by atoms with Crippen molar-refractivity contribution in [2.24, 2.45) is 0 Å². The summed E-state index contributed by atoms with van der Waals surface area (Å²) < 4.78 is 2.80. The maximum Gasteiger partial charge on any atom is 0.140 e. The second-order valence-electron chi connectivity index (χ2n) is 3.33. The molecular weight excluding hydrogens is 291 g/mol. The summed E-state index contributed by atoms with van der Waals surface area (Å²) in [6, 6.07) is 5.62. The van der Waals surface area contributed by atoms with Crippen LogP contribution in [0.1, 0.15) is 0 Å². The van der Waals surface area contributed by atoms with Gasteiger partial charge in [-0.2, -0.15) is 0 Å². The Morgan fingerprint density at radius 3 is 2.88 bits per heavy atom. The molecule has 0 saturated carbocycles. The van der Waals surface area contributed by atoms with Crippen molar-refractivity contribution in [2.45, 2.75) is 6.54 Å². The van der Waals surface area contributed by atoms with Crippen LogP contribution >= 0.6 is 27.5 Å². The van der Waals surface area contributed by atoms with Gasteiger partial charge in [-0.1, -0.05) is 27.5 Å². The highest BCUT2D eigenvalue weighted by Crippen LogP contribution is 2.26. The Kier molecular flexibility index (Phi) is 3.63. The molecular formula is C11H10BrClN2O. The molecule has 0 fully saturated rings. The number of hydrogen-bond donors (Lipinski definition) is 1. The highest BCUT2D eigenvalue weighted by atomic mass is 79.9. The van der Waals surface area contributed by atoms with Gasteiger partial charge in [0.05, 0.1) is 6.61 Å². The fraction of sp³-hybridized carbons (Fsp3) is 0.182. The van der Waals surface area contributed by atoms with Crippen molar-refractivity contribution in [3.05, 3.63) is 40.1 Å². The monoisotopic (exact) mass is 300 g/mol. The van der Waals surface area contributed by atoms with Gasteiger partial charge in [0.15, 0.2) is 0 Å². The van der Waals surface area contributed by atoms with E-state index in [0.717, 1.165) is 15.9 Å². The Morgan fingerprint density at radius 1 is 1.38 bits per heavy atom. The number of aliphatic hydroxyl groups is 1. The van der Waals surface area contributed by atoms with E-state index in [1.165, 1.54) is 0 Å². The summed E-state index contributed by atoms with van der Waals surface area (Å²) in [7, 11) is 0. The predicted molar refractivity (Wildman–Crippen MR) is 67.5 cm³/mol. The van der Waals surface area contributed by atoms with Crippen molar-refractivity contribution in [1.29, 1.82) is 0 Å². The van der Waals surface area contributed by atoms with E-state index in [1.807, 2.05) is 29.0 Å². The SMILES string of the molecule is OCCn1ccnc1-c1cc(Cl)cc(Br)c1. The van der Waals surface area contributed by atoms with Crippen LogP contribution in [-0.2, 0) is 6.54 Å². The molecule has 0 atom stereocenters. The standard InChI is InChI=1S/C11H10BrClN2O/c12-9-5-8(6-10(13)7-9)11-14-1-2-15(11)3-4-16/h1-2,5-7,16H,3-4H2. The highest BCUT2D eigenvalue weighted by Gasteiger charge is 2.07. The van der Waals surface area contributed by atoms with Gasteiger partial charge in [-0.05, 0) is 18.2 Å². The lowest BCUT2D eigenvalue weighted by molar-refractivity contribution is 0.276. The number of nitrogens with zero attached hydrogens (tertiary/aromatic N) is 2. The summed E-state index contributed by atoms with van der Waals surface area (Å²) in [6.07, 6.45) is 3.54. The van der Waals surface area contributed by atoms with E-state index in [0.29, 0.717) is 11.6 Å². The molecule has 1 N–H and O–H groups in total. The Labute approximate surface area is 107 Å². The van der Waals surface area contributed by atoms with E-state index in [4.69, 9.17) is 16.7 Å². The lowest BCUT2D eigenvalue weighted by Gasteiger charge is -2.06. The highest BCUT2D eigenvalue weighted by molar-refractivity contribution is 9.10. The first-order valence-electron chi connectivity index (χ1n) is 4.79. The maximum absolute atomic E-state index is 8.93. The van der Waals surface area contributed by atoms with Crippen LogP contribution in [-0.4, -0.2) is 21.3 Å². The average molecular weight is 302 g/mol. The number of aromatic nitrogens is 2. The second-order valence-corrected chi connectivity index (χ2v) is 4.68. The van der Waals surface area contributed by atoms with Crippen LogP contribution in [0.2, 0.25) is 5.02 Å². The third-order valence-corrected chi connectivity index (χ3v) is 2.85. The molecule has 0 aliphatic heterocycles. The van der Waals surface area contributed by atoms with Crippen molar-refractivity contribution in [2.75, 3.05) is 6.61 Å². The molecule has 3 nitrogen and oxygen atoms in total. The second kappa shape index (κ2) is 4.99. The van der Waals surface area contributed by atoms with Crippen molar-refractivity contribution in [1.82, 2.24) is 9.55 Å². The fourth-order valence-electron chi connectivity index (χ4n) is 1.54. The fourth-order valence-corrected chi connectivity index (χ4v) is 2.40. The first-order chi connectivity index (χ1) is 7.70. The minimum absolute atomic E-state index is 0.0884. The minimum Gasteiger partial charge on any atom is -0.395 e. The van der Waals surface area contributed by atoms with Gasteiger partial charge in [0.2, 0.25) is 0 Å². The maximum atomic E-state index is 8.93. The Hall–Kier alpha value is -0.840. The van der Waals surface area contributed by atoms with E-state index in [2.05, 4.69) is 20.9 Å². The van der Waals surface area contributed by atoms with Gasteiger partial charge >= 0.3 is 0 Å². The Morgan fingerprint density at radius 2 is 2.19 bits per heavy atom. The van der Waals surface area contributed by atoms with Crippen LogP contribution in [0.15, 0.2) is 35.1 Å². The average Bonchev–Trinajstić information content (AvgIpc) is 2.65. The lowest BCUT2D eigenvalue weighted by Crippen LogP contribution is -2.02. The predicted octanol–water partition coefficient (Wildman–Crippen LogP) is 2.96. The molecule has 2 rings (SSSR count). The van der Waals surface area contributed by atoms with E-state index < -0.39 is 0 Å². The van der Waals surface area contributed by atoms with Crippen molar-refractivity contribution < 1.29 is 5.11 Å². The van der Waals surface area contributed by atoms with Crippen LogP contribution in [0.5, 0.6) is 0 Å². The van der Waals surface area contributed by atoms with Gasteiger partial charge < -0.3 is 9.67 Å². The van der Waals surface area contributed by atoms with Gasteiger partial charge in [-0.15, -0.1) is 0 Å². The lowest BCUT2D eigenvalue weighted by atomic mass is 10.2. The van der Waals surface area contributed by atoms with Crippen molar-refractivity contribution in [3.8, 4) is 11.4 Å². The zero-order chi connectivity index (χ0) is 11.5. The zero-order valence-electron chi connectivity index (χ0n) is 8.40. The number of hydrogen-bond acceptors (Lipinski definition) is 2. The van der Waals surface area contributed by atoms with Crippen molar-refractivity contribution in [3.63, 3.8) is 0 Å². The molecule has 1 aromatic carbocycles. The number of imidazole rings is 1. The molecule has 0 aliphatic rings. The Balaban J connectivity index is 2.45. The molecule has 0 saturated heterocycles. The summed E-state index contributed by atoms with van der Waals surface area (Å²) in [5.74, 6) is 0.803. The topological polar surface area (TPSA) is 38.0 Å². The van der Waals surface area contributed by atoms with Crippen molar-refractivity contribution >= 4 is 27.5 Å². The molecule has 0 amide bonds. The first kappa shape index (κ1) is 11.6. The summed E-state index contributed by atoms with van der Waals surface area (Å²) in [6.45, 7) is 0.616. The van der Waals surface area contributed by atoms with Crippen LogP contribution < -0.4 is 0 Å².